The molecule has 0 atom stereocenters. The van der Waals surface area contributed by atoms with E-state index in [2.05, 4.69) is 15.5 Å². The Balaban J connectivity index is 2.02. The van der Waals surface area contributed by atoms with Gasteiger partial charge >= 0.3 is 0 Å². The van der Waals surface area contributed by atoms with Gasteiger partial charge in [0.25, 0.3) is 11.6 Å². The molecule has 1 amide bonds. The first-order chi connectivity index (χ1) is 9.59. The van der Waals surface area contributed by atoms with Crippen LogP contribution in [0.4, 0.5) is 11.4 Å². The van der Waals surface area contributed by atoms with E-state index in [1.165, 1.54) is 24.5 Å². The fraction of sp³-hybridized carbons (Fsp3) is 0.182. The molecule has 104 valence electrons. The lowest BCUT2D eigenvalue weighted by atomic mass is 10.1. The van der Waals surface area contributed by atoms with E-state index in [0.717, 1.165) is 0 Å². The third-order valence-corrected chi connectivity index (χ3v) is 2.56. The first-order valence-corrected chi connectivity index (χ1v) is 5.66. The summed E-state index contributed by atoms with van der Waals surface area (Å²) in [7, 11) is 0. The molecule has 0 spiro atoms. The van der Waals surface area contributed by atoms with Crippen LogP contribution in [0, 0.1) is 10.1 Å². The minimum absolute atomic E-state index is 0.0599. The average Bonchev–Trinajstić information content (AvgIpc) is 2.91. The maximum absolute atomic E-state index is 11.9. The van der Waals surface area contributed by atoms with Gasteiger partial charge in [0.15, 0.2) is 6.33 Å². The second-order valence-corrected chi connectivity index (χ2v) is 3.84. The second kappa shape index (κ2) is 5.78. The van der Waals surface area contributed by atoms with E-state index in [1.807, 2.05) is 0 Å². The van der Waals surface area contributed by atoms with Crippen LogP contribution in [-0.2, 0) is 6.42 Å². The number of benzene rings is 1. The maximum atomic E-state index is 11.9. The fourth-order valence-electron chi connectivity index (χ4n) is 1.59. The molecular weight excluding hydrogens is 266 g/mol. The molecule has 9 nitrogen and oxygen atoms in total. The number of hydrogen-bond acceptors (Lipinski definition) is 7. The van der Waals surface area contributed by atoms with E-state index in [-0.39, 0.29) is 23.5 Å². The zero-order valence-electron chi connectivity index (χ0n) is 10.3. The third kappa shape index (κ3) is 2.88. The highest BCUT2D eigenvalue weighted by atomic mass is 16.6. The van der Waals surface area contributed by atoms with Gasteiger partial charge in [-0.15, -0.1) is 0 Å². The molecule has 0 aliphatic heterocycles. The van der Waals surface area contributed by atoms with E-state index in [0.29, 0.717) is 12.3 Å². The van der Waals surface area contributed by atoms with Crippen molar-refractivity contribution in [1.82, 2.24) is 15.5 Å². The molecule has 0 aliphatic rings. The number of nitrogens with zero attached hydrogens (tertiary/aromatic N) is 3. The summed E-state index contributed by atoms with van der Waals surface area (Å²) in [5.74, 6) is -0.108. The molecule has 2 rings (SSSR count). The molecular formula is C11H11N5O4. The number of para-hydroxylation sites is 1. The van der Waals surface area contributed by atoms with Crippen molar-refractivity contribution in [3.63, 3.8) is 0 Å². The van der Waals surface area contributed by atoms with Gasteiger partial charge in [-0.25, -0.2) is 0 Å². The van der Waals surface area contributed by atoms with E-state index in [1.54, 1.807) is 0 Å². The van der Waals surface area contributed by atoms with E-state index < -0.39 is 10.8 Å². The number of nitrogens with two attached hydrogens (primary N) is 1. The largest absolute Gasteiger partial charge is 0.393 e. The van der Waals surface area contributed by atoms with Crippen LogP contribution in [0.3, 0.4) is 0 Å². The Morgan fingerprint density at radius 3 is 2.95 bits per heavy atom. The molecule has 0 unspecified atom stereocenters. The smallest absolute Gasteiger partial charge is 0.292 e. The number of hydrogen-bond donors (Lipinski definition) is 2. The SMILES string of the molecule is Nc1c(C(=O)NCCc2ncno2)cccc1[N+](=O)[O-]. The van der Waals surface area contributed by atoms with Gasteiger partial charge in [-0.05, 0) is 6.07 Å². The predicted molar refractivity (Wildman–Crippen MR) is 67.8 cm³/mol. The molecule has 2 aromatic rings. The van der Waals surface area contributed by atoms with Gasteiger partial charge in [0, 0.05) is 19.0 Å². The quantitative estimate of drug-likeness (QED) is 0.462. The number of nitrogen functional groups attached to an aromatic ring is 1. The van der Waals surface area contributed by atoms with Gasteiger partial charge in [-0.2, -0.15) is 4.98 Å². The van der Waals surface area contributed by atoms with Crippen LogP contribution in [0.15, 0.2) is 29.0 Å². The van der Waals surface area contributed by atoms with Gasteiger partial charge in [-0.3, -0.25) is 14.9 Å². The molecule has 1 aromatic carbocycles. The van der Waals surface area contributed by atoms with Gasteiger partial charge in [0.05, 0.1) is 10.5 Å². The zero-order valence-corrected chi connectivity index (χ0v) is 10.3. The Kier molecular flexibility index (Phi) is 3.89. The minimum atomic E-state index is -0.634. The highest BCUT2D eigenvalue weighted by Crippen LogP contribution is 2.24. The number of nitro benzene ring substituents is 1. The highest BCUT2D eigenvalue weighted by molar-refractivity contribution is 6.00. The summed E-state index contributed by atoms with van der Waals surface area (Å²) in [6, 6.07) is 4.07. The van der Waals surface area contributed by atoms with Crippen molar-refractivity contribution in [1.29, 1.82) is 0 Å². The fourth-order valence-corrected chi connectivity index (χ4v) is 1.59. The molecule has 9 heteroatoms. The minimum Gasteiger partial charge on any atom is -0.393 e. The van der Waals surface area contributed by atoms with Crippen molar-refractivity contribution in [3.05, 3.63) is 46.1 Å². The van der Waals surface area contributed by atoms with Crippen LogP contribution in [0.2, 0.25) is 0 Å². The summed E-state index contributed by atoms with van der Waals surface area (Å²) < 4.78 is 4.77. The first-order valence-electron chi connectivity index (χ1n) is 5.66. The van der Waals surface area contributed by atoms with Crippen LogP contribution < -0.4 is 11.1 Å². The summed E-state index contributed by atoms with van der Waals surface area (Å²) in [5, 5.41) is 16.7. The summed E-state index contributed by atoms with van der Waals surface area (Å²) in [6.07, 6.45) is 1.62. The van der Waals surface area contributed by atoms with Crippen LogP contribution in [0.25, 0.3) is 0 Å². The number of anilines is 1. The van der Waals surface area contributed by atoms with E-state index in [9.17, 15) is 14.9 Å². The highest BCUT2D eigenvalue weighted by Gasteiger charge is 2.18. The Hall–Kier alpha value is -2.97. The Labute approximate surface area is 112 Å². The van der Waals surface area contributed by atoms with Crippen molar-refractivity contribution in [2.24, 2.45) is 0 Å². The molecule has 0 radical (unpaired) electrons. The number of carbonyl (C=O) groups is 1. The summed E-state index contributed by atoms with van der Waals surface area (Å²) in [5.41, 5.74) is 5.21. The monoisotopic (exact) mass is 277 g/mol. The molecule has 0 aliphatic carbocycles. The number of carbonyl (C=O) groups excluding carboxylic acids is 1. The van der Waals surface area contributed by atoms with Crippen molar-refractivity contribution >= 4 is 17.3 Å². The lowest BCUT2D eigenvalue weighted by molar-refractivity contribution is -0.383. The van der Waals surface area contributed by atoms with Gasteiger partial charge in [-0.1, -0.05) is 11.2 Å². The third-order valence-electron chi connectivity index (χ3n) is 2.56. The Morgan fingerprint density at radius 2 is 2.30 bits per heavy atom. The molecule has 0 bridgehead atoms. The van der Waals surface area contributed by atoms with Crippen molar-refractivity contribution in [2.75, 3.05) is 12.3 Å². The summed E-state index contributed by atoms with van der Waals surface area (Å²) in [6.45, 7) is 0.253. The predicted octanol–water partition coefficient (Wildman–Crippen LogP) is 0.532. The molecule has 0 fully saturated rings. The van der Waals surface area contributed by atoms with Crippen molar-refractivity contribution in [3.8, 4) is 0 Å². The number of nitro groups is 1. The lowest BCUT2D eigenvalue weighted by Gasteiger charge is -2.06. The van der Waals surface area contributed by atoms with Gasteiger partial charge in [0.1, 0.15) is 5.69 Å². The van der Waals surface area contributed by atoms with Crippen LogP contribution in [0.5, 0.6) is 0 Å². The summed E-state index contributed by atoms with van der Waals surface area (Å²) >= 11 is 0. The van der Waals surface area contributed by atoms with E-state index in [4.69, 9.17) is 10.3 Å². The first kappa shape index (κ1) is 13.5. The topological polar surface area (TPSA) is 137 Å². The second-order valence-electron chi connectivity index (χ2n) is 3.84. The number of nitrogens with one attached hydrogen (secondary N) is 1. The standard InChI is InChI=1S/C11H11N5O4/c12-10-7(2-1-3-8(10)16(18)19)11(17)13-5-4-9-14-6-15-20-9/h1-3,6H,4-5,12H2,(H,13,17). The van der Waals surface area contributed by atoms with Crippen molar-refractivity contribution < 1.29 is 14.2 Å². The van der Waals surface area contributed by atoms with Gasteiger partial charge < -0.3 is 15.6 Å². The van der Waals surface area contributed by atoms with Crippen LogP contribution in [-0.4, -0.2) is 27.5 Å². The lowest BCUT2D eigenvalue weighted by Crippen LogP contribution is -2.26. The molecule has 0 saturated carbocycles. The maximum Gasteiger partial charge on any atom is 0.292 e. The van der Waals surface area contributed by atoms with Crippen LogP contribution >= 0.6 is 0 Å². The molecule has 20 heavy (non-hydrogen) atoms. The van der Waals surface area contributed by atoms with Crippen LogP contribution in [0.1, 0.15) is 16.2 Å². The zero-order chi connectivity index (χ0) is 14.5. The molecule has 3 N–H and O–H groups in total. The Bertz CT molecular complexity index is 626. The number of rotatable bonds is 5. The molecule has 1 heterocycles. The van der Waals surface area contributed by atoms with Gasteiger partial charge in [0.2, 0.25) is 5.89 Å². The normalized spacial score (nSPS) is 10.2. The number of aromatic nitrogens is 2. The number of amides is 1. The average molecular weight is 277 g/mol. The summed E-state index contributed by atoms with van der Waals surface area (Å²) in [4.78, 5) is 25.8. The van der Waals surface area contributed by atoms with E-state index >= 15 is 0 Å². The molecule has 1 aromatic heterocycles. The van der Waals surface area contributed by atoms with Crippen molar-refractivity contribution in [2.45, 2.75) is 6.42 Å². The molecule has 0 saturated heterocycles. The Morgan fingerprint density at radius 1 is 1.50 bits per heavy atom.